The van der Waals surface area contributed by atoms with Gasteiger partial charge in [-0.1, -0.05) is 29.7 Å². The van der Waals surface area contributed by atoms with Crippen molar-refractivity contribution >= 4 is 17.5 Å². The Hall–Kier alpha value is -1.06. The molecule has 0 aromatic heterocycles. The highest BCUT2D eigenvalue weighted by atomic mass is 35.5. The number of aryl methyl sites for hydroxylation is 1. The van der Waals surface area contributed by atoms with Crippen molar-refractivity contribution in [2.24, 2.45) is 0 Å². The monoisotopic (exact) mass is 292 g/mol. The van der Waals surface area contributed by atoms with Gasteiger partial charge >= 0.3 is 0 Å². The van der Waals surface area contributed by atoms with Gasteiger partial charge < -0.3 is 4.90 Å². The van der Waals surface area contributed by atoms with Crippen molar-refractivity contribution in [3.63, 3.8) is 0 Å². The molecule has 3 nitrogen and oxygen atoms in total. The number of benzene rings is 1. The second kappa shape index (κ2) is 5.74. The molecule has 2 fully saturated rings. The summed E-state index contributed by atoms with van der Waals surface area (Å²) < 4.78 is 0. The lowest BCUT2D eigenvalue weighted by molar-refractivity contribution is 0.0203. The van der Waals surface area contributed by atoms with Gasteiger partial charge in [-0.15, -0.1) is 0 Å². The lowest BCUT2D eigenvalue weighted by Crippen LogP contribution is -2.61. The molecule has 2 saturated heterocycles. The van der Waals surface area contributed by atoms with E-state index in [0.717, 1.165) is 18.7 Å². The van der Waals surface area contributed by atoms with Crippen molar-refractivity contribution in [2.45, 2.75) is 32.2 Å². The fraction of sp³-hybridized carbons (Fsp3) is 0.562. The summed E-state index contributed by atoms with van der Waals surface area (Å²) in [4.78, 5) is 16.9. The SMILES string of the molecule is Cc1ccc(Cl)c(C(=O)N2CC(N3CCCCC3)C2)c1. The number of nitrogens with zero attached hydrogens (tertiary/aromatic N) is 2. The van der Waals surface area contributed by atoms with Crippen molar-refractivity contribution in [2.75, 3.05) is 26.2 Å². The second-order valence-electron chi connectivity index (χ2n) is 5.94. The number of hydrogen-bond acceptors (Lipinski definition) is 2. The van der Waals surface area contributed by atoms with Gasteiger partial charge in [0.2, 0.25) is 0 Å². The number of likely N-dealkylation sites (tertiary alicyclic amines) is 2. The Kier molecular flexibility index (Phi) is 3.99. The van der Waals surface area contributed by atoms with Crippen LogP contribution in [0.15, 0.2) is 18.2 Å². The maximum absolute atomic E-state index is 12.5. The summed E-state index contributed by atoms with van der Waals surface area (Å²) >= 11 is 6.14. The summed E-state index contributed by atoms with van der Waals surface area (Å²) in [5, 5.41) is 0.557. The van der Waals surface area contributed by atoms with Crippen molar-refractivity contribution < 1.29 is 4.79 Å². The highest BCUT2D eigenvalue weighted by Crippen LogP contribution is 2.25. The minimum Gasteiger partial charge on any atom is -0.335 e. The van der Waals surface area contributed by atoms with Gasteiger partial charge in [-0.2, -0.15) is 0 Å². The van der Waals surface area contributed by atoms with Gasteiger partial charge in [0.25, 0.3) is 5.91 Å². The van der Waals surface area contributed by atoms with Gasteiger partial charge in [0.1, 0.15) is 0 Å². The Morgan fingerprint density at radius 2 is 1.90 bits per heavy atom. The number of piperidine rings is 1. The molecule has 20 heavy (non-hydrogen) atoms. The molecular weight excluding hydrogens is 272 g/mol. The van der Waals surface area contributed by atoms with Crippen LogP contribution in [0.1, 0.15) is 35.2 Å². The van der Waals surface area contributed by atoms with E-state index in [9.17, 15) is 4.79 Å². The number of rotatable bonds is 2. The Labute approximate surface area is 125 Å². The van der Waals surface area contributed by atoms with E-state index in [1.165, 1.54) is 32.4 Å². The predicted octanol–water partition coefficient (Wildman–Crippen LogP) is 2.96. The van der Waals surface area contributed by atoms with E-state index < -0.39 is 0 Å². The largest absolute Gasteiger partial charge is 0.335 e. The summed E-state index contributed by atoms with van der Waals surface area (Å²) in [6.45, 7) is 6.07. The summed E-state index contributed by atoms with van der Waals surface area (Å²) in [5.74, 6) is 0.0759. The van der Waals surface area contributed by atoms with Crippen LogP contribution in [0, 0.1) is 6.92 Å². The molecule has 2 heterocycles. The molecule has 0 atom stereocenters. The average molecular weight is 293 g/mol. The maximum atomic E-state index is 12.5. The number of hydrogen-bond donors (Lipinski definition) is 0. The molecule has 2 aliphatic heterocycles. The molecule has 0 spiro atoms. The van der Waals surface area contributed by atoms with E-state index in [1.54, 1.807) is 0 Å². The first kappa shape index (κ1) is 13.9. The third-order valence-electron chi connectivity index (χ3n) is 4.41. The van der Waals surface area contributed by atoms with E-state index in [2.05, 4.69) is 4.90 Å². The second-order valence-corrected chi connectivity index (χ2v) is 6.35. The molecule has 0 radical (unpaired) electrons. The lowest BCUT2D eigenvalue weighted by Gasteiger charge is -2.46. The molecule has 4 heteroatoms. The normalized spacial score (nSPS) is 20.8. The highest BCUT2D eigenvalue weighted by molar-refractivity contribution is 6.33. The van der Waals surface area contributed by atoms with E-state index in [0.29, 0.717) is 16.6 Å². The van der Waals surface area contributed by atoms with Crippen LogP contribution < -0.4 is 0 Å². The molecule has 0 unspecified atom stereocenters. The minimum atomic E-state index is 0.0759. The third-order valence-corrected chi connectivity index (χ3v) is 4.74. The Morgan fingerprint density at radius 3 is 2.60 bits per heavy atom. The minimum absolute atomic E-state index is 0.0759. The van der Waals surface area contributed by atoms with Crippen LogP contribution in [-0.4, -0.2) is 47.9 Å². The molecular formula is C16H21ClN2O. The molecule has 0 bridgehead atoms. The zero-order chi connectivity index (χ0) is 14.1. The Morgan fingerprint density at radius 1 is 1.20 bits per heavy atom. The predicted molar refractivity (Wildman–Crippen MR) is 81.3 cm³/mol. The molecule has 1 aromatic rings. The Balaban J connectivity index is 1.61. The van der Waals surface area contributed by atoms with Gasteiger partial charge in [-0.25, -0.2) is 0 Å². The summed E-state index contributed by atoms with van der Waals surface area (Å²) in [7, 11) is 0. The van der Waals surface area contributed by atoms with Crippen LogP contribution in [0.3, 0.4) is 0 Å². The van der Waals surface area contributed by atoms with Crippen molar-refractivity contribution in [1.82, 2.24) is 9.80 Å². The van der Waals surface area contributed by atoms with Crippen LogP contribution in [0.2, 0.25) is 5.02 Å². The quantitative estimate of drug-likeness (QED) is 0.837. The molecule has 0 aliphatic carbocycles. The zero-order valence-electron chi connectivity index (χ0n) is 11.9. The smallest absolute Gasteiger partial charge is 0.255 e. The molecule has 2 aliphatic rings. The van der Waals surface area contributed by atoms with Gasteiger partial charge in [-0.05, 0) is 45.0 Å². The van der Waals surface area contributed by atoms with Crippen molar-refractivity contribution in [1.29, 1.82) is 0 Å². The van der Waals surface area contributed by atoms with Gasteiger partial charge in [0.05, 0.1) is 10.6 Å². The van der Waals surface area contributed by atoms with E-state index >= 15 is 0 Å². The van der Waals surface area contributed by atoms with Crippen LogP contribution in [0.4, 0.5) is 0 Å². The maximum Gasteiger partial charge on any atom is 0.255 e. The zero-order valence-corrected chi connectivity index (χ0v) is 12.7. The van der Waals surface area contributed by atoms with Gasteiger partial charge in [0, 0.05) is 19.1 Å². The third kappa shape index (κ3) is 2.70. The number of halogens is 1. The lowest BCUT2D eigenvalue weighted by atomic mass is 10.0. The standard InChI is InChI=1S/C16H21ClN2O/c1-12-5-6-15(17)14(9-12)16(20)19-10-13(11-19)18-7-3-2-4-8-18/h5-6,9,13H,2-4,7-8,10-11H2,1H3. The van der Waals surface area contributed by atoms with E-state index in [-0.39, 0.29) is 5.91 Å². The first-order chi connectivity index (χ1) is 9.65. The van der Waals surface area contributed by atoms with Crippen LogP contribution in [0.25, 0.3) is 0 Å². The molecule has 1 amide bonds. The molecule has 108 valence electrons. The van der Waals surface area contributed by atoms with Crippen LogP contribution >= 0.6 is 11.6 Å². The van der Waals surface area contributed by atoms with Crippen molar-refractivity contribution in [3.05, 3.63) is 34.3 Å². The van der Waals surface area contributed by atoms with Gasteiger partial charge in [0.15, 0.2) is 0 Å². The first-order valence-electron chi connectivity index (χ1n) is 7.44. The number of amides is 1. The van der Waals surface area contributed by atoms with E-state index in [4.69, 9.17) is 11.6 Å². The molecule has 0 N–H and O–H groups in total. The van der Waals surface area contributed by atoms with Crippen LogP contribution in [-0.2, 0) is 0 Å². The summed E-state index contributed by atoms with van der Waals surface area (Å²) in [5.41, 5.74) is 1.72. The highest BCUT2D eigenvalue weighted by Gasteiger charge is 2.35. The fourth-order valence-electron chi connectivity index (χ4n) is 3.11. The molecule has 3 rings (SSSR count). The van der Waals surface area contributed by atoms with Crippen LogP contribution in [0.5, 0.6) is 0 Å². The topological polar surface area (TPSA) is 23.6 Å². The average Bonchev–Trinajstić information content (AvgIpc) is 2.41. The first-order valence-corrected chi connectivity index (χ1v) is 7.82. The van der Waals surface area contributed by atoms with Gasteiger partial charge in [-0.3, -0.25) is 9.69 Å². The molecule has 0 saturated carbocycles. The van der Waals surface area contributed by atoms with Crippen molar-refractivity contribution in [3.8, 4) is 0 Å². The molecule has 1 aromatic carbocycles. The summed E-state index contributed by atoms with van der Waals surface area (Å²) in [6.07, 6.45) is 3.95. The Bertz CT molecular complexity index is 505. The summed E-state index contributed by atoms with van der Waals surface area (Å²) in [6, 6.07) is 6.19. The number of carbonyl (C=O) groups excluding carboxylic acids is 1. The van der Waals surface area contributed by atoms with E-state index in [1.807, 2.05) is 30.0 Å². The number of carbonyl (C=O) groups is 1. The fourth-order valence-corrected chi connectivity index (χ4v) is 3.31.